The topological polar surface area (TPSA) is 74.6 Å². The number of hydrogen-bond donors (Lipinski definition) is 2. The third-order valence-electron chi connectivity index (χ3n) is 5.34. The minimum atomic E-state index is -0.350. The molecule has 0 bridgehead atoms. The molecule has 0 aliphatic carbocycles. The molecule has 154 valence electrons. The molecular weight excluding hydrogens is 398 g/mol. The normalized spacial score (nSPS) is 11.2. The summed E-state index contributed by atoms with van der Waals surface area (Å²) in [6.07, 6.45) is 1.47. The summed E-state index contributed by atoms with van der Waals surface area (Å²) in [5, 5.41) is 17.0. The quantitative estimate of drug-likeness (QED) is 0.298. The van der Waals surface area contributed by atoms with Crippen LogP contribution in [0, 0.1) is 0 Å². The van der Waals surface area contributed by atoms with E-state index in [1.807, 2.05) is 84.9 Å². The number of amides is 1. The zero-order chi connectivity index (χ0) is 21.9. The molecule has 0 aliphatic rings. The zero-order valence-corrected chi connectivity index (χ0v) is 17.1. The van der Waals surface area contributed by atoms with Gasteiger partial charge in [0.1, 0.15) is 5.75 Å². The first-order valence-corrected chi connectivity index (χ1v) is 10.2. The SMILES string of the molecule is O=C(NN=Cc1c(O)ccc2ccccc12)c1cc(-c2ccccc2)nc2ccccc12. The highest BCUT2D eigenvalue weighted by Gasteiger charge is 2.13. The first-order valence-electron chi connectivity index (χ1n) is 10.2. The lowest BCUT2D eigenvalue weighted by atomic mass is 10.0. The first kappa shape index (κ1) is 19.5. The van der Waals surface area contributed by atoms with Gasteiger partial charge in [-0.15, -0.1) is 0 Å². The number of rotatable bonds is 4. The highest BCUT2D eigenvalue weighted by atomic mass is 16.3. The molecular formula is C27H19N3O2. The standard InChI is InChI=1S/C27H19N3O2/c31-26-15-14-18-8-4-5-11-20(18)23(26)17-28-30-27(32)22-16-25(19-9-2-1-3-10-19)29-24-13-7-6-12-21(22)24/h1-17,31H,(H,30,32). The highest BCUT2D eigenvalue weighted by molar-refractivity contribution is 6.08. The second-order valence-electron chi connectivity index (χ2n) is 7.36. The van der Waals surface area contributed by atoms with E-state index in [0.29, 0.717) is 16.8 Å². The van der Waals surface area contributed by atoms with E-state index in [1.165, 1.54) is 6.21 Å². The van der Waals surface area contributed by atoms with Crippen LogP contribution >= 0.6 is 0 Å². The molecule has 0 aliphatic heterocycles. The van der Waals surface area contributed by atoms with Crippen molar-refractivity contribution in [3.63, 3.8) is 0 Å². The van der Waals surface area contributed by atoms with Crippen LogP contribution in [-0.2, 0) is 0 Å². The van der Waals surface area contributed by atoms with E-state index in [1.54, 1.807) is 12.1 Å². The summed E-state index contributed by atoms with van der Waals surface area (Å²) in [5.41, 5.74) is 6.00. The van der Waals surface area contributed by atoms with Gasteiger partial charge in [-0.25, -0.2) is 10.4 Å². The van der Waals surface area contributed by atoms with Crippen molar-refractivity contribution in [1.29, 1.82) is 0 Å². The maximum absolute atomic E-state index is 13.1. The largest absolute Gasteiger partial charge is 0.507 e. The van der Waals surface area contributed by atoms with Crippen molar-refractivity contribution in [2.24, 2.45) is 5.10 Å². The van der Waals surface area contributed by atoms with Crippen molar-refractivity contribution in [1.82, 2.24) is 10.4 Å². The molecule has 0 radical (unpaired) electrons. The van der Waals surface area contributed by atoms with Crippen LogP contribution in [0.15, 0.2) is 102 Å². The summed E-state index contributed by atoms with van der Waals surface area (Å²) in [4.78, 5) is 17.8. The monoisotopic (exact) mass is 417 g/mol. The van der Waals surface area contributed by atoms with Crippen molar-refractivity contribution in [2.75, 3.05) is 0 Å². The number of carbonyl (C=O) groups excluding carboxylic acids is 1. The molecule has 5 nitrogen and oxygen atoms in total. The second-order valence-corrected chi connectivity index (χ2v) is 7.36. The van der Waals surface area contributed by atoms with Crippen LogP contribution in [0.3, 0.4) is 0 Å². The summed E-state index contributed by atoms with van der Waals surface area (Å²) in [6.45, 7) is 0. The van der Waals surface area contributed by atoms with Gasteiger partial charge in [-0.1, -0.05) is 78.9 Å². The van der Waals surface area contributed by atoms with E-state index in [9.17, 15) is 9.90 Å². The number of pyridine rings is 1. The fourth-order valence-electron chi connectivity index (χ4n) is 3.76. The number of nitrogens with zero attached hydrogens (tertiary/aromatic N) is 2. The summed E-state index contributed by atoms with van der Waals surface area (Å²) in [7, 11) is 0. The number of aromatic hydroxyl groups is 1. The maximum atomic E-state index is 13.1. The van der Waals surface area contributed by atoms with Crippen LogP contribution < -0.4 is 5.43 Å². The summed E-state index contributed by atoms with van der Waals surface area (Å²) in [6, 6.07) is 30.2. The van der Waals surface area contributed by atoms with Crippen LogP contribution in [0.2, 0.25) is 0 Å². The van der Waals surface area contributed by atoms with Gasteiger partial charge in [0, 0.05) is 16.5 Å². The Hall–Kier alpha value is -4.51. The van der Waals surface area contributed by atoms with Gasteiger partial charge < -0.3 is 5.11 Å². The molecule has 0 atom stereocenters. The summed E-state index contributed by atoms with van der Waals surface area (Å²) in [5.74, 6) is -0.251. The molecule has 0 spiro atoms. The Kier molecular flexibility index (Phi) is 5.06. The number of phenolic OH excluding ortho intramolecular Hbond substituents is 1. The van der Waals surface area contributed by atoms with Crippen molar-refractivity contribution in [3.05, 3.63) is 108 Å². The average Bonchev–Trinajstić information content (AvgIpc) is 2.85. The molecule has 5 rings (SSSR count). The van der Waals surface area contributed by atoms with Gasteiger partial charge in [0.2, 0.25) is 0 Å². The number of para-hydroxylation sites is 1. The minimum Gasteiger partial charge on any atom is -0.507 e. The van der Waals surface area contributed by atoms with E-state index in [4.69, 9.17) is 4.98 Å². The Morgan fingerprint density at radius 2 is 1.56 bits per heavy atom. The van der Waals surface area contributed by atoms with Gasteiger partial charge in [0.15, 0.2) is 0 Å². The van der Waals surface area contributed by atoms with E-state index in [0.717, 1.165) is 27.2 Å². The van der Waals surface area contributed by atoms with Crippen LogP contribution in [0.5, 0.6) is 5.75 Å². The van der Waals surface area contributed by atoms with Crippen LogP contribution in [0.4, 0.5) is 0 Å². The number of fused-ring (bicyclic) bond motifs is 2. The van der Waals surface area contributed by atoms with Crippen LogP contribution in [0.25, 0.3) is 32.9 Å². The average molecular weight is 417 g/mol. The van der Waals surface area contributed by atoms with Gasteiger partial charge in [-0.2, -0.15) is 5.10 Å². The lowest BCUT2D eigenvalue weighted by Crippen LogP contribution is -2.18. The summed E-state index contributed by atoms with van der Waals surface area (Å²) < 4.78 is 0. The zero-order valence-electron chi connectivity index (χ0n) is 17.1. The van der Waals surface area contributed by atoms with E-state index in [2.05, 4.69) is 10.5 Å². The van der Waals surface area contributed by atoms with Gasteiger partial charge in [0.25, 0.3) is 5.91 Å². The Morgan fingerprint density at radius 1 is 0.844 bits per heavy atom. The molecule has 0 fully saturated rings. The number of nitrogens with one attached hydrogen (secondary N) is 1. The molecule has 4 aromatic carbocycles. The molecule has 0 saturated heterocycles. The number of hydrogen-bond acceptors (Lipinski definition) is 4. The van der Waals surface area contributed by atoms with Gasteiger partial charge in [-0.05, 0) is 29.0 Å². The second kappa shape index (κ2) is 8.32. The molecule has 32 heavy (non-hydrogen) atoms. The van der Waals surface area contributed by atoms with E-state index >= 15 is 0 Å². The van der Waals surface area contributed by atoms with Crippen molar-refractivity contribution >= 4 is 33.8 Å². The summed E-state index contributed by atoms with van der Waals surface area (Å²) >= 11 is 0. The molecule has 2 N–H and O–H groups in total. The van der Waals surface area contributed by atoms with E-state index in [-0.39, 0.29) is 11.7 Å². The Bertz CT molecular complexity index is 1480. The minimum absolute atomic E-state index is 0.0995. The molecule has 0 saturated carbocycles. The third-order valence-corrected chi connectivity index (χ3v) is 5.34. The molecule has 0 unspecified atom stereocenters. The van der Waals surface area contributed by atoms with Gasteiger partial charge in [-0.3, -0.25) is 4.79 Å². The van der Waals surface area contributed by atoms with Crippen LogP contribution in [-0.4, -0.2) is 22.2 Å². The maximum Gasteiger partial charge on any atom is 0.272 e. The molecule has 5 heteroatoms. The Balaban J connectivity index is 1.50. The fraction of sp³-hybridized carbons (Fsp3) is 0. The lowest BCUT2D eigenvalue weighted by Gasteiger charge is -2.09. The lowest BCUT2D eigenvalue weighted by molar-refractivity contribution is 0.0956. The van der Waals surface area contributed by atoms with Gasteiger partial charge >= 0.3 is 0 Å². The van der Waals surface area contributed by atoms with Crippen molar-refractivity contribution in [3.8, 4) is 17.0 Å². The third kappa shape index (κ3) is 3.68. The number of phenols is 1. The predicted molar refractivity (Wildman–Crippen MR) is 128 cm³/mol. The van der Waals surface area contributed by atoms with Crippen molar-refractivity contribution < 1.29 is 9.90 Å². The number of benzene rings is 4. The molecule has 1 amide bonds. The smallest absolute Gasteiger partial charge is 0.272 e. The fourth-order valence-corrected chi connectivity index (χ4v) is 3.76. The van der Waals surface area contributed by atoms with Crippen LogP contribution in [0.1, 0.15) is 15.9 Å². The first-order chi connectivity index (χ1) is 15.7. The molecule has 5 aromatic rings. The Morgan fingerprint density at radius 3 is 2.41 bits per heavy atom. The van der Waals surface area contributed by atoms with E-state index < -0.39 is 0 Å². The number of hydrazone groups is 1. The van der Waals surface area contributed by atoms with Gasteiger partial charge in [0.05, 0.1) is 23.0 Å². The molecule has 1 aromatic heterocycles. The molecule has 1 heterocycles. The van der Waals surface area contributed by atoms with Crippen molar-refractivity contribution in [2.45, 2.75) is 0 Å². The predicted octanol–water partition coefficient (Wildman–Crippen LogP) is 5.52. The number of aromatic nitrogens is 1. The Labute approximate surface area is 184 Å². The highest BCUT2D eigenvalue weighted by Crippen LogP contribution is 2.26. The number of carbonyl (C=O) groups is 1.